The van der Waals surface area contributed by atoms with Crippen molar-refractivity contribution in [3.63, 3.8) is 0 Å². The van der Waals surface area contributed by atoms with Crippen LogP contribution in [0.15, 0.2) is 0 Å². The van der Waals surface area contributed by atoms with Gasteiger partial charge in [-0.2, -0.15) is 0 Å². The van der Waals surface area contributed by atoms with E-state index in [-0.39, 0.29) is 0 Å². The molecule has 0 aliphatic rings. The molecule has 0 aromatic rings. The third-order valence-corrected chi connectivity index (χ3v) is 3.46. The van der Waals surface area contributed by atoms with Gasteiger partial charge < -0.3 is 0 Å². The minimum Gasteiger partial charge on any atom is -0.0654 e. The lowest BCUT2D eigenvalue weighted by Crippen LogP contribution is -2.02. The maximum absolute atomic E-state index is 6.78. The van der Waals surface area contributed by atoms with Crippen LogP contribution in [0.4, 0.5) is 0 Å². The van der Waals surface area contributed by atoms with Crippen LogP contribution in [0.1, 0.15) is 156 Å². The SMILES string of the molecule is CCCC(C)(C)C.CCCC(C)(C)C.[2H]CCCCC.[2H]CCCCCC. The van der Waals surface area contributed by atoms with Crippen LogP contribution >= 0.6 is 0 Å². The summed E-state index contributed by atoms with van der Waals surface area (Å²) in [4.78, 5) is 0. The summed E-state index contributed by atoms with van der Waals surface area (Å²) < 4.78 is 13.5. The van der Waals surface area contributed by atoms with E-state index in [1.165, 1.54) is 57.8 Å². The maximum Gasteiger partial charge on any atom is 0.0230 e. The van der Waals surface area contributed by atoms with Crippen LogP contribution in [0.5, 0.6) is 0 Å². The molecule has 0 radical (unpaired) electrons. The number of hydrogen-bond acceptors (Lipinski definition) is 0. The monoisotopic (exact) mass is 360 g/mol. The Morgan fingerprint density at radius 1 is 0.480 bits per heavy atom. The first-order valence-corrected chi connectivity index (χ1v) is 11.0. The van der Waals surface area contributed by atoms with Gasteiger partial charge in [-0.3, -0.25) is 0 Å². The quantitative estimate of drug-likeness (QED) is 0.396. The van der Waals surface area contributed by atoms with Crippen molar-refractivity contribution in [1.82, 2.24) is 0 Å². The molecular formula is C25H58. The van der Waals surface area contributed by atoms with E-state index in [0.29, 0.717) is 24.6 Å². The van der Waals surface area contributed by atoms with E-state index in [0.717, 1.165) is 12.8 Å². The predicted octanol–water partition coefficient (Wildman–Crippen LogP) is 10.4. The molecule has 0 amide bonds. The van der Waals surface area contributed by atoms with Gasteiger partial charge in [-0.05, 0) is 23.7 Å². The molecule has 0 nitrogen and oxygen atoms in total. The van der Waals surface area contributed by atoms with Gasteiger partial charge in [0, 0.05) is 2.74 Å². The minimum atomic E-state index is 0.550. The fourth-order valence-corrected chi connectivity index (χ4v) is 2.18. The Kier molecular flexibility index (Phi) is 26.1. The van der Waals surface area contributed by atoms with Crippen LogP contribution in [0.3, 0.4) is 0 Å². The van der Waals surface area contributed by atoms with Gasteiger partial charge in [-0.25, -0.2) is 0 Å². The van der Waals surface area contributed by atoms with Crippen LogP contribution in [-0.4, -0.2) is 0 Å². The summed E-state index contributed by atoms with van der Waals surface area (Å²) in [6, 6.07) is 0. The molecule has 0 heterocycles. The summed E-state index contributed by atoms with van der Waals surface area (Å²) in [6.07, 6.45) is 13.8. The molecule has 0 rings (SSSR count). The molecule has 0 fully saturated rings. The summed E-state index contributed by atoms with van der Waals surface area (Å²) in [5, 5.41) is 0. The highest BCUT2D eigenvalue weighted by Crippen LogP contribution is 2.19. The molecule has 0 aromatic heterocycles. The molecular weight excluding hydrogens is 300 g/mol. The minimum absolute atomic E-state index is 0.550. The highest BCUT2D eigenvalue weighted by Gasteiger charge is 2.06. The van der Waals surface area contributed by atoms with Gasteiger partial charge in [0.25, 0.3) is 0 Å². The number of hydrogen-bond donors (Lipinski definition) is 0. The van der Waals surface area contributed by atoms with E-state index >= 15 is 0 Å². The molecule has 0 saturated carbocycles. The van der Waals surface area contributed by atoms with E-state index in [1.807, 2.05) is 0 Å². The second kappa shape index (κ2) is 24.0. The van der Waals surface area contributed by atoms with Crippen LogP contribution < -0.4 is 0 Å². The summed E-state index contributed by atoms with van der Waals surface area (Å²) in [5.74, 6) is 0. The smallest absolute Gasteiger partial charge is 0.0230 e. The van der Waals surface area contributed by atoms with E-state index in [2.05, 4.69) is 69.2 Å². The van der Waals surface area contributed by atoms with Crippen molar-refractivity contribution >= 4 is 0 Å². The fourth-order valence-electron chi connectivity index (χ4n) is 2.18. The zero-order valence-corrected chi connectivity index (χ0v) is 20.2. The van der Waals surface area contributed by atoms with Crippen molar-refractivity contribution < 1.29 is 2.74 Å². The number of rotatable bonds is 7. The molecule has 0 aliphatic carbocycles. The number of unbranched alkanes of at least 4 members (excludes halogenated alkanes) is 5. The fraction of sp³-hybridized carbons (Fsp3) is 1.00. The molecule has 0 spiro atoms. The van der Waals surface area contributed by atoms with Gasteiger partial charge in [0.05, 0.1) is 0 Å². The van der Waals surface area contributed by atoms with E-state index in [9.17, 15) is 0 Å². The molecule has 0 aromatic carbocycles. The Bertz CT molecular complexity index is 199. The van der Waals surface area contributed by atoms with Crippen molar-refractivity contribution in [3.05, 3.63) is 0 Å². The first-order chi connectivity index (χ1) is 12.4. The summed E-state index contributed by atoms with van der Waals surface area (Å²) in [6.45, 7) is 23.6. The standard InChI is InChI=1S/2C7H16.C6H14.C5H12/c2*1-5-6-7(2,3)4;1-3-5-6-4-2;1-3-5-4-2/h2*5-6H2,1-4H3;3-6H2,1-2H3;3-5H2,1-2H3/i;;2*1D. The van der Waals surface area contributed by atoms with E-state index in [4.69, 9.17) is 2.74 Å². The highest BCUT2D eigenvalue weighted by molar-refractivity contribution is 4.58. The van der Waals surface area contributed by atoms with Crippen molar-refractivity contribution in [2.75, 3.05) is 0 Å². The summed E-state index contributed by atoms with van der Waals surface area (Å²) in [5.41, 5.74) is 1.10. The average Bonchev–Trinajstić information content (AvgIpc) is 2.53. The molecule has 25 heavy (non-hydrogen) atoms. The van der Waals surface area contributed by atoms with Crippen LogP contribution in [-0.2, 0) is 0 Å². The topological polar surface area (TPSA) is 0 Å². The van der Waals surface area contributed by atoms with Crippen molar-refractivity contribution in [2.24, 2.45) is 10.8 Å². The first-order valence-electron chi connectivity index (χ1n) is 12.4. The van der Waals surface area contributed by atoms with Crippen molar-refractivity contribution in [2.45, 2.75) is 154 Å². The van der Waals surface area contributed by atoms with Gasteiger partial charge >= 0.3 is 0 Å². The van der Waals surface area contributed by atoms with E-state index < -0.39 is 0 Å². The van der Waals surface area contributed by atoms with Gasteiger partial charge in [0.15, 0.2) is 0 Å². The third kappa shape index (κ3) is 68.7. The van der Waals surface area contributed by atoms with Crippen molar-refractivity contribution in [3.8, 4) is 0 Å². The Hall–Kier alpha value is 0. The zero-order chi connectivity index (χ0) is 22.2. The lowest BCUT2D eigenvalue weighted by Gasteiger charge is -2.15. The van der Waals surface area contributed by atoms with Gasteiger partial charge in [0.2, 0.25) is 0 Å². The molecule has 0 N–H and O–H groups in total. The second-order valence-electron chi connectivity index (χ2n) is 9.39. The molecule has 158 valence electrons. The van der Waals surface area contributed by atoms with Crippen LogP contribution in [0.2, 0.25) is 0 Å². The lowest BCUT2D eigenvalue weighted by atomic mass is 9.91. The largest absolute Gasteiger partial charge is 0.0654 e. The normalized spacial score (nSPS) is 11.6. The molecule has 0 atom stereocenters. The third-order valence-electron chi connectivity index (χ3n) is 3.46. The second-order valence-corrected chi connectivity index (χ2v) is 9.39. The van der Waals surface area contributed by atoms with Gasteiger partial charge in [0.1, 0.15) is 0 Å². The Balaban J connectivity index is -0.000000131. The Labute approximate surface area is 167 Å². The van der Waals surface area contributed by atoms with E-state index in [1.54, 1.807) is 0 Å². The van der Waals surface area contributed by atoms with Crippen molar-refractivity contribution in [1.29, 1.82) is 0 Å². The molecule has 0 saturated heterocycles. The molecule has 0 aliphatic heterocycles. The van der Waals surface area contributed by atoms with Crippen LogP contribution in [0.25, 0.3) is 0 Å². The summed E-state index contributed by atoms with van der Waals surface area (Å²) >= 11 is 0. The predicted molar refractivity (Wildman–Crippen MR) is 124 cm³/mol. The lowest BCUT2D eigenvalue weighted by molar-refractivity contribution is 0.373. The molecule has 0 unspecified atom stereocenters. The zero-order valence-electron chi connectivity index (χ0n) is 22.2. The molecule has 0 heteroatoms. The van der Waals surface area contributed by atoms with Gasteiger partial charge in [-0.1, -0.05) is 141 Å². The molecule has 0 bridgehead atoms. The highest BCUT2D eigenvalue weighted by atomic mass is 14.1. The Morgan fingerprint density at radius 3 is 0.960 bits per heavy atom. The maximum atomic E-state index is 6.78. The summed E-state index contributed by atoms with van der Waals surface area (Å²) in [7, 11) is 0. The first kappa shape index (κ1) is 27.2. The average molecular weight is 361 g/mol. The van der Waals surface area contributed by atoms with Gasteiger partial charge in [-0.15, -0.1) is 0 Å². The Morgan fingerprint density at radius 2 is 0.800 bits per heavy atom. The van der Waals surface area contributed by atoms with Crippen LogP contribution in [0, 0.1) is 10.8 Å².